The van der Waals surface area contributed by atoms with E-state index < -0.39 is 0 Å². The Morgan fingerprint density at radius 3 is 2.89 bits per heavy atom. The van der Waals surface area contributed by atoms with Crippen LogP contribution in [0.3, 0.4) is 0 Å². The molecule has 1 aromatic carbocycles. The van der Waals surface area contributed by atoms with Gasteiger partial charge in [-0.15, -0.1) is 0 Å². The SMILES string of the molecule is CC1CN(C)CCCN1c1ccc(Br)cc1C#N. The molecular weight excluding hydrogens is 290 g/mol. The van der Waals surface area contributed by atoms with Crippen LogP contribution in [0.15, 0.2) is 22.7 Å². The minimum atomic E-state index is 0.436. The Kier molecular flexibility index (Phi) is 4.26. The second-order valence-corrected chi connectivity index (χ2v) is 5.85. The van der Waals surface area contributed by atoms with Crippen molar-refractivity contribution in [3.05, 3.63) is 28.2 Å². The first kappa shape index (κ1) is 13.4. The van der Waals surface area contributed by atoms with Gasteiger partial charge in [0.15, 0.2) is 0 Å². The van der Waals surface area contributed by atoms with E-state index in [1.165, 1.54) is 0 Å². The standard InChI is InChI=1S/C14H18BrN3/c1-11-10-17(2)6-3-7-18(11)14-5-4-13(15)8-12(14)9-16/h4-5,8,11H,3,6-7,10H2,1-2H3. The molecule has 1 aromatic rings. The van der Waals surface area contributed by atoms with Gasteiger partial charge in [-0.2, -0.15) is 5.26 Å². The summed E-state index contributed by atoms with van der Waals surface area (Å²) in [5.41, 5.74) is 1.81. The van der Waals surface area contributed by atoms with Crippen molar-refractivity contribution in [2.24, 2.45) is 0 Å². The summed E-state index contributed by atoms with van der Waals surface area (Å²) >= 11 is 3.42. The van der Waals surface area contributed by atoms with Crippen LogP contribution < -0.4 is 4.90 Å². The van der Waals surface area contributed by atoms with Crippen molar-refractivity contribution in [2.75, 3.05) is 31.6 Å². The summed E-state index contributed by atoms with van der Waals surface area (Å²) in [4.78, 5) is 4.71. The summed E-state index contributed by atoms with van der Waals surface area (Å²) in [7, 11) is 2.16. The molecule has 1 atom stereocenters. The number of hydrogen-bond donors (Lipinski definition) is 0. The van der Waals surface area contributed by atoms with E-state index in [2.05, 4.69) is 45.8 Å². The third-order valence-corrected chi connectivity index (χ3v) is 3.93. The van der Waals surface area contributed by atoms with E-state index in [0.29, 0.717) is 6.04 Å². The molecule has 0 radical (unpaired) electrons. The van der Waals surface area contributed by atoms with Gasteiger partial charge in [0.1, 0.15) is 6.07 Å². The molecule has 2 rings (SSSR count). The van der Waals surface area contributed by atoms with Crippen molar-refractivity contribution in [3.8, 4) is 6.07 Å². The van der Waals surface area contributed by atoms with Crippen LogP contribution in [0, 0.1) is 11.3 Å². The van der Waals surface area contributed by atoms with E-state index in [4.69, 9.17) is 0 Å². The number of nitriles is 1. The highest BCUT2D eigenvalue weighted by Gasteiger charge is 2.21. The summed E-state index contributed by atoms with van der Waals surface area (Å²) in [6, 6.07) is 8.69. The van der Waals surface area contributed by atoms with Gasteiger partial charge in [-0.1, -0.05) is 15.9 Å². The molecule has 1 aliphatic heterocycles. The molecular formula is C14H18BrN3. The largest absolute Gasteiger partial charge is 0.366 e. The van der Waals surface area contributed by atoms with E-state index in [-0.39, 0.29) is 0 Å². The van der Waals surface area contributed by atoms with E-state index in [1.807, 2.05) is 18.2 Å². The van der Waals surface area contributed by atoms with Crippen molar-refractivity contribution < 1.29 is 0 Å². The first-order valence-corrected chi connectivity index (χ1v) is 7.06. The van der Waals surface area contributed by atoms with Gasteiger partial charge in [0.2, 0.25) is 0 Å². The maximum atomic E-state index is 9.27. The van der Waals surface area contributed by atoms with Crippen LogP contribution in [0.1, 0.15) is 18.9 Å². The Balaban J connectivity index is 2.32. The highest BCUT2D eigenvalue weighted by molar-refractivity contribution is 9.10. The lowest BCUT2D eigenvalue weighted by molar-refractivity contribution is 0.337. The zero-order chi connectivity index (χ0) is 13.1. The lowest BCUT2D eigenvalue weighted by Crippen LogP contribution is -2.38. The topological polar surface area (TPSA) is 30.3 Å². The molecule has 0 N–H and O–H groups in total. The fraction of sp³-hybridized carbons (Fsp3) is 0.500. The summed E-state index contributed by atoms with van der Waals surface area (Å²) in [6.45, 7) is 5.41. The molecule has 3 nitrogen and oxygen atoms in total. The quantitative estimate of drug-likeness (QED) is 0.799. The highest BCUT2D eigenvalue weighted by atomic mass is 79.9. The smallest absolute Gasteiger partial charge is 0.101 e. The molecule has 0 aromatic heterocycles. The van der Waals surface area contributed by atoms with Crippen LogP contribution >= 0.6 is 15.9 Å². The molecule has 4 heteroatoms. The second-order valence-electron chi connectivity index (χ2n) is 4.93. The average Bonchev–Trinajstić information content (AvgIpc) is 2.50. The molecule has 18 heavy (non-hydrogen) atoms. The minimum Gasteiger partial charge on any atom is -0.366 e. The molecule has 0 saturated carbocycles. The Morgan fingerprint density at radius 1 is 1.39 bits per heavy atom. The molecule has 1 aliphatic rings. The highest BCUT2D eigenvalue weighted by Crippen LogP contribution is 2.27. The van der Waals surface area contributed by atoms with Crippen LogP contribution in [0.25, 0.3) is 0 Å². The van der Waals surface area contributed by atoms with Gasteiger partial charge in [0.05, 0.1) is 11.3 Å². The number of rotatable bonds is 1. The molecule has 0 bridgehead atoms. The summed E-state index contributed by atoms with van der Waals surface area (Å²) in [6.07, 6.45) is 1.14. The predicted octanol–water partition coefficient (Wildman–Crippen LogP) is 2.85. The van der Waals surface area contributed by atoms with Gasteiger partial charge in [-0.3, -0.25) is 0 Å². The number of benzene rings is 1. The molecule has 1 saturated heterocycles. The van der Waals surface area contributed by atoms with Crippen LogP contribution in [0.5, 0.6) is 0 Å². The molecule has 0 aliphatic carbocycles. The Hall–Kier alpha value is -1.05. The van der Waals surface area contributed by atoms with Crippen molar-refractivity contribution >= 4 is 21.6 Å². The first-order chi connectivity index (χ1) is 8.61. The van der Waals surface area contributed by atoms with Gasteiger partial charge in [-0.25, -0.2) is 0 Å². The minimum absolute atomic E-state index is 0.436. The van der Waals surface area contributed by atoms with Crippen molar-refractivity contribution in [3.63, 3.8) is 0 Å². The van der Waals surface area contributed by atoms with E-state index >= 15 is 0 Å². The third kappa shape index (κ3) is 2.85. The average molecular weight is 308 g/mol. The summed E-state index contributed by atoms with van der Waals surface area (Å²) in [5, 5.41) is 9.27. The fourth-order valence-electron chi connectivity index (χ4n) is 2.58. The lowest BCUT2D eigenvalue weighted by atomic mass is 10.1. The van der Waals surface area contributed by atoms with Gasteiger partial charge < -0.3 is 9.80 Å². The molecule has 1 unspecified atom stereocenters. The molecule has 1 heterocycles. The zero-order valence-electron chi connectivity index (χ0n) is 10.9. The van der Waals surface area contributed by atoms with Gasteiger partial charge in [0, 0.05) is 23.6 Å². The number of hydrogen-bond acceptors (Lipinski definition) is 3. The van der Waals surface area contributed by atoms with Crippen molar-refractivity contribution in [2.45, 2.75) is 19.4 Å². The summed E-state index contributed by atoms with van der Waals surface area (Å²) < 4.78 is 0.961. The van der Waals surface area contributed by atoms with Crippen LogP contribution in [0.4, 0.5) is 5.69 Å². The van der Waals surface area contributed by atoms with E-state index in [0.717, 1.165) is 41.8 Å². The normalized spacial score (nSPS) is 21.4. The Bertz CT molecular complexity index is 467. The van der Waals surface area contributed by atoms with Gasteiger partial charge >= 0.3 is 0 Å². The van der Waals surface area contributed by atoms with E-state index in [1.54, 1.807) is 0 Å². The fourth-order valence-corrected chi connectivity index (χ4v) is 2.94. The van der Waals surface area contributed by atoms with Gasteiger partial charge in [0.25, 0.3) is 0 Å². The molecule has 96 valence electrons. The molecule has 1 fully saturated rings. The Labute approximate surface area is 117 Å². The second kappa shape index (κ2) is 5.73. The van der Waals surface area contributed by atoms with Crippen LogP contribution in [-0.4, -0.2) is 37.6 Å². The number of anilines is 1. The first-order valence-electron chi connectivity index (χ1n) is 6.26. The molecule has 0 amide bonds. The zero-order valence-corrected chi connectivity index (χ0v) is 12.4. The van der Waals surface area contributed by atoms with Crippen molar-refractivity contribution in [1.82, 2.24) is 4.90 Å². The number of nitrogens with zero attached hydrogens (tertiary/aromatic N) is 3. The molecule has 0 spiro atoms. The predicted molar refractivity (Wildman–Crippen MR) is 77.8 cm³/mol. The van der Waals surface area contributed by atoms with Crippen LogP contribution in [-0.2, 0) is 0 Å². The van der Waals surface area contributed by atoms with Crippen LogP contribution in [0.2, 0.25) is 0 Å². The lowest BCUT2D eigenvalue weighted by Gasteiger charge is -2.30. The summed E-state index contributed by atoms with van der Waals surface area (Å²) in [5.74, 6) is 0. The Morgan fingerprint density at radius 2 is 2.17 bits per heavy atom. The monoisotopic (exact) mass is 307 g/mol. The maximum Gasteiger partial charge on any atom is 0.101 e. The number of likely N-dealkylation sites (N-methyl/N-ethyl adjacent to an activating group) is 1. The maximum absolute atomic E-state index is 9.27. The number of halogens is 1. The van der Waals surface area contributed by atoms with Crippen molar-refractivity contribution in [1.29, 1.82) is 5.26 Å². The van der Waals surface area contributed by atoms with E-state index in [9.17, 15) is 5.26 Å². The third-order valence-electron chi connectivity index (χ3n) is 3.44. The van der Waals surface area contributed by atoms with Gasteiger partial charge in [-0.05, 0) is 45.1 Å².